The molecule has 7 nitrogen and oxygen atoms in total. The molecule has 0 bridgehead atoms. The molecule has 0 spiro atoms. The number of nitrogens with zero attached hydrogens (tertiary/aromatic N) is 1. The highest BCUT2D eigenvalue weighted by Crippen LogP contribution is 2.34. The first kappa shape index (κ1) is 18.7. The molecule has 2 aromatic rings. The zero-order valence-electron chi connectivity index (χ0n) is 14.9. The quantitative estimate of drug-likeness (QED) is 0.775. The van der Waals surface area contributed by atoms with E-state index in [1.54, 1.807) is 41.3 Å². The number of benzene rings is 2. The number of carboxylic acid groups (broad SMARTS) is 1. The number of aromatic carboxylic acids is 1. The number of hydrogen-bond donors (Lipinski definition) is 2. The molecule has 1 saturated heterocycles. The number of anilines is 1. The van der Waals surface area contributed by atoms with Crippen molar-refractivity contribution in [3.8, 4) is 11.5 Å². The molecule has 27 heavy (non-hydrogen) atoms. The number of amides is 1. The molecule has 0 radical (unpaired) electrons. The van der Waals surface area contributed by atoms with Crippen LogP contribution in [0.4, 0.5) is 5.69 Å². The molecule has 1 fully saturated rings. The summed E-state index contributed by atoms with van der Waals surface area (Å²) in [6.07, 6.45) is 0.346. The van der Waals surface area contributed by atoms with E-state index in [0.717, 1.165) is 11.3 Å². The minimum absolute atomic E-state index is 0.00491. The van der Waals surface area contributed by atoms with Gasteiger partial charge in [-0.3, -0.25) is 4.79 Å². The number of carbonyl (C=O) groups is 2. The van der Waals surface area contributed by atoms with Crippen molar-refractivity contribution in [1.82, 2.24) is 0 Å². The second-order valence-corrected chi connectivity index (χ2v) is 6.24. The van der Waals surface area contributed by atoms with Gasteiger partial charge in [0.05, 0.1) is 13.7 Å². The standard InChI is InChI=1S/C20H21NO6/c1-26-18-10-13(2-7-17(18)20(24)25)14-11-19(23)21(12-14)15-3-5-16(6-4-15)27-9-8-22/h2-7,10,14,22H,8-9,11-12H2,1H3,(H,24,25). The number of aliphatic hydroxyl groups is 1. The van der Waals surface area contributed by atoms with E-state index in [9.17, 15) is 14.7 Å². The SMILES string of the molecule is COc1cc(C2CC(=O)N(c3ccc(OCCO)cc3)C2)ccc1C(=O)O. The summed E-state index contributed by atoms with van der Waals surface area (Å²) in [5.74, 6) is -0.169. The van der Waals surface area contributed by atoms with Crippen molar-refractivity contribution in [2.24, 2.45) is 0 Å². The molecule has 3 rings (SSSR count). The Balaban J connectivity index is 1.76. The van der Waals surface area contributed by atoms with Crippen molar-refractivity contribution < 1.29 is 29.3 Å². The Morgan fingerprint density at radius 1 is 1.22 bits per heavy atom. The summed E-state index contributed by atoms with van der Waals surface area (Å²) in [4.78, 5) is 25.4. The van der Waals surface area contributed by atoms with Gasteiger partial charge in [0.25, 0.3) is 0 Å². The fraction of sp³-hybridized carbons (Fsp3) is 0.300. The van der Waals surface area contributed by atoms with Crippen LogP contribution in [0.25, 0.3) is 0 Å². The maximum absolute atomic E-state index is 12.5. The predicted octanol–water partition coefficient (Wildman–Crippen LogP) is 2.28. The molecule has 0 saturated carbocycles. The Labute approximate surface area is 156 Å². The van der Waals surface area contributed by atoms with E-state index in [-0.39, 0.29) is 36.4 Å². The normalized spacial score (nSPS) is 16.4. The summed E-state index contributed by atoms with van der Waals surface area (Å²) in [5.41, 5.74) is 1.74. The molecule has 2 N–H and O–H groups in total. The molecule has 0 aliphatic carbocycles. The first-order chi connectivity index (χ1) is 13.0. The summed E-state index contributed by atoms with van der Waals surface area (Å²) in [6, 6.07) is 12.1. The Kier molecular flexibility index (Phi) is 5.61. The molecule has 1 heterocycles. The van der Waals surface area contributed by atoms with Crippen LogP contribution in [0.1, 0.15) is 28.3 Å². The molecule has 1 aliphatic heterocycles. The van der Waals surface area contributed by atoms with Crippen LogP contribution >= 0.6 is 0 Å². The third-order valence-electron chi connectivity index (χ3n) is 4.56. The van der Waals surface area contributed by atoms with E-state index in [1.165, 1.54) is 13.2 Å². The minimum atomic E-state index is -1.05. The van der Waals surface area contributed by atoms with Gasteiger partial charge in [-0.25, -0.2) is 4.79 Å². The monoisotopic (exact) mass is 371 g/mol. The molecule has 7 heteroatoms. The van der Waals surface area contributed by atoms with Crippen molar-refractivity contribution in [3.05, 3.63) is 53.6 Å². The fourth-order valence-electron chi connectivity index (χ4n) is 3.20. The van der Waals surface area contributed by atoms with Gasteiger partial charge in [-0.2, -0.15) is 0 Å². The number of carboxylic acids is 1. The van der Waals surface area contributed by atoms with Gasteiger partial charge in [0, 0.05) is 24.6 Å². The number of ether oxygens (including phenoxy) is 2. The van der Waals surface area contributed by atoms with E-state index in [0.29, 0.717) is 18.7 Å². The van der Waals surface area contributed by atoms with Gasteiger partial charge < -0.3 is 24.6 Å². The average Bonchev–Trinajstić information content (AvgIpc) is 3.07. The fourth-order valence-corrected chi connectivity index (χ4v) is 3.20. The Hall–Kier alpha value is -3.06. The van der Waals surface area contributed by atoms with Crippen LogP contribution in [0.2, 0.25) is 0 Å². The predicted molar refractivity (Wildman–Crippen MR) is 98.7 cm³/mol. The van der Waals surface area contributed by atoms with Gasteiger partial charge in [0.1, 0.15) is 23.7 Å². The third-order valence-corrected chi connectivity index (χ3v) is 4.56. The van der Waals surface area contributed by atoms with Gasteiger partial charge in [-0.1, -0.05) is 6.07 Å². The molecule has 1 aliphatic rings. The van der Waals surface area contributed by atoms with E-state index in [2.05, 4.69) is 0 Å². The van der Waals surface area contributed by atoms with Gasteiger partial charge >= 0.3 is 5.97 Å². The van der Waals surface area contributed by atoms with Crippen molar-refractivity contribution in [2.45, 2.75) is 12.3 Å². The van der Waals surface area contributed by atoms with Crippen molar-refractivity contribution in [3.63, 3.8) is 0 Å². The molecular formula is C20H21NO6. The molecule has 1 atom stereocenters. The van der Waals surface area contributed by atoms with E-state index in [1.807, 2.05) is 0 Å². The first-order valence-electron chi connectivity index (χ1n) is 8.58. The number of rotatable bonds is 7. The van der Waals surface area contributed by atoms with Crippen molar-refractivity contribution in [1.29, 1.82) is 0 Å². The second-order valence-electron chi connectivity index (χ2n) is 6.24. The van der Waals surface area contributed by atoms with E-state index < -0.39 is 5.97 Å². The number of hydrogen-bond acceptors (Lipinski definition) is 5. The lowest BCUT2D eigenvalue weighted by molar-refractivity contribution is -0.117. The van der Waals surface area contributed by atoms with Crippen LogP contribution in [0.3, 0.4) is 0 Å². The summed E-state index contributed by atoms with van der Waals surface area (Å²) >= 11 is 0. The third kappa shape index (κ3) is 4.03. The number of aliphatic hydroxyl groups excluding tert-OH is 1. The average molecular weight is 371 g/mol. The minimum Gasteiger partial charge on any atom is -0.496 e. The van der Waals surface area contributed by atoms with Crippen LogP contribution in [0.15, 0.2) is 42.5 Å². The molecule has 1 unspecified atom stereocenters. The Morgan fingerprint density at radius 2 is 1.96 bits per heavy atom. The van der Waals surface area contributed by atoms with E-state index in [4.69, 9.17) is 14.6 Å². The zero-order valence-corrected chi connectivity index (χ0v) is 14.9. The smallest absolute Gasteiger partial charge is 0.339 e. The van der Waals surface area contributed by atoms with Crippen LogP contribution in [-0.2, 0) is 4.79 Å². The summed E-state index contributed by atoms with van der Waals surface area (Å²) < 4.78 is 10.5. The van der Waals surface area contributed by atoms with Gasteiger partial charge in [-0.15, -0.1) is 0 Å². The van der Waals surface area contributed by atoms with E-state index >= 15 is 0 Å². The van der Waals surface area contributed by atoms with Crippen LogP contribution in [0, 0.1) is 0 Å². The van der Waals surface area contributed by atoms with Gasteiger partial charge in [0.2, 0.25) is 5.91 Å². The number of methoxy groups -OCH3 is 1. The van der Waals surface area contributed by atoms with Gasteiger partial charge in [0.15, 0.2) is 0 Å². The highest BCUT2D eigenvalue weighted by Gasteiger charge is 2.32. The molecular weight excluding hydrogens is 350 g/mol. The maximum atomic E-state index is 12.5. The Bertz CT molecular complexity index is 833. The number of carbonyl (C=O) groups excluding carboxylic acids is 1. The highest BCUT2D eigenvalue weighted by molar-refractivity contribution is 5.96. The molecule has 2 aromatic carbocycles. The van der Waals surface area contributed by atoms with Crippen LogP contribution in [-0.4, -0.2) is 49.0 Å². The maximum Gasteiger partial charge on any atom is 0.339 e. The van der Waals surface area contributed by atoms with Crippen LogP contribution < -0.4 is 14.4 Å². The largest absolute Gasteiger partial charge is 0.496 e. The second kappa shape index (κ2) is 8.09. The summed E-state index contributed by atoms with van der Waals surface area (Å²) in [7, 11) is 1.43. The summed E-state index contributed by atoms with van der Waals surface area (Å²) in [5, 5.41) is 18.0. The highest BCUT2D eigenvalue weighted by atomic mass is 16.5. The lowest BCUT2D eigenvalue weighted by Crippen LogP contribution is -2.24. The van der Waals surface area contributed by atoms with Gasteiger partial charge in [-0.05, 0) is 42.0 Å². The Morgan fingerprint density at radius 3 is 2.59 bits per heavy atom. The zero-order chi connectivity index (χ0) is 19.4. The van der Waals surface area contributed by atoms with Crippen molar-refractivity contribution >= 4 is 17.6 Å². The first-order valence-corrected chi connectivity index (χ1v) is 8.58. The van der Waals surface area contributed by atoms with Crippen LogP contribution in [0.5, 0.6) is 11.5 Å². The molecule has 1 amide bonds. The topological polar surface area (TPSA) is 96.3 Å². The lowest BCUT2D eigenvalue weighted by Gasteiger charge is -2.18. The molecule has 142 valence electrons. The molecule has 0 aromatic heterocycles. The lowest BCUT2D eigenvalue weighted by atomic mass is 9.96. The summed E-state index contributed by atoms with van der Waals surface area (Å²) in [6.45, 7) is 0.668. The van der Waals surface area contributed by atoms with Crippen molar-refractivity contribution in [2.75, 3.05) is 31.8 Å².